The van der Waals surface area contributed by atoms with Crippen LogP contribution in [0.15, 0.2) is 23.1 Å². The first-order valence-electron chi connectivity index (χ1n) is 9.15. The predicted octanol–water partition coefficient (Wildman–Crippen LogP) is 1.46. The van der Waals surface area contributed by atoms with Crippen molar-refractivity contribution in [2.24, 2.45) is 11.3 Å². The quantitative estimate of drug-likeness (QED) is 0.695. The van der Waals surface area contributed by atoms with Crippen molar-refractivity contribution in [2.75, 3.05) is 25.5 Å². The molecular formula is C18H25N3O4S. The van der Waals surface area contributed by atoms with Crippen molar-refractivity contribution in [3.63, 3.8) is 0 Å². The van der Waals surface area contributed by atoms with Crippen molar-refractivity contribution in [1.29, 1.82) is 0 Å². The number of amides is 1. The van der Waals surface area contributed by atoms with Gasteiger partial charge in [0, 0.05) is 17.6 Å². The van der Waals surface area contributed by atoms with Crippen LogP contribution >= 0.6 is 0 Å². The largest absolute Gasteiger partial charge is 0.495 e. The second kappa shape index (κ2) is 6.51. The third-order valence-electron chi connectivity index (χ3n) is 5.73. The van der Waals surface area contributed by atoms with Crippen LogP contribution < -0.4 is 20.1 Å². The van der Waals surface area contributed by atoms with Crippen molar-refractivity contribution in [1.82, 2.24) is 10.0 Å². The van der Waals surface area contributed by atoms with Gasteiger partial charge >= 0.3 is 0 Å². The molecule has 7 nitrogen and oxygen atoms in total. The van der Waals surface area contributed by atoms with Crippen LogP contribution in [0.5, 0.6) is 5.75 Å². The molecule has 1 aliphatic heterocycles. The lowest BCUT2D eigenvalue weighted by atomic mass is 9.92. The molecule has 0 radical (unpaired) electrons. The van der Waals surface area contributed by atoms with Crippen LogP contribution in [0.2, 0.25) is 0 Å². The summed E-state index contributed by atoms with van der Waals surface area (Å²) >= 11 is 0. The van der Waals surface area contributed by atoms with E-state index in [1.54, 1.807) is 12.1 Å². The highest BCUT2D eigenvalue weighted by atomic mass is 32.2. The molecule has 2 aliphatic carbocycles. The van der Waals surface area contributed by atoms with E-state index in [0.29, 0.717) is 5.69 Å². The molecule has 1 aromatic rings. The number of carbonyl (C=O) groups is 1. The molecule has 8 heteroatoms. The van der Waals surface area contributed by atoms with Crippen LogP contribution in [0.1, 0.15) is 32.1 Å². The smallest absolute Gasteiger partial charge is 0.244 e. The van der Waals surface area contributed by atoms with E-state index in [1.807, 2.05) is 0 Å². The molecule has 3 fully saturated rings. The minimum absolute atomic E-state index is 0.00851. The number of anilines is 1. The summed E-state index contributed by atoms with van der Waals surface area (Å²) in [5.74, 6) is 0.282. The van der Waals surface area contributed by atoms with Crippen molar-refractivity contribution >= 4 is 21.6 Å². The summed E-state index contributed by atoms with van der Waals surface area (Å²) in [6, 6.07) is 4.77. The lowest BCUT2D eigenvalue weighted by Gasteiger charge is -2.23. The summed E-state index contributed by atoms with van der Waals surface area (Å²) in [6.07, 6.45) is 4.69. The van der Waals surface area contributed by atoms with Crippen molar-refractivity contribution in [3.05, 3.63) is 18.2 Å². The Bertz CT molecular complexity index is 814. The van der Waals surface area contributed by atoms with Gasteiger partial charge in [-0.15, -0.1) is 0 Å². The van der Waals surface area contributed by atoms with Gasteiger partial charge in [0.15, 0.2) is 0 Å². The number of piperidine rings is 1. The zero-order valence-corrected chi connectivity index (χ0v) is 15.7. The minimum atomic E-state index is -3.66. The second-order valence-electron chi connectivity index (χ2n) is 7.62. The molecule has 3 N–H and O–H groups in total. The number of hydrogen-bond donors (Lipinski definition) is 3. The van der Waals surface area contributed by atoms with Gasteiger partial charge in [-0.1, -0.05) is 0 Å². The maximum absolute atomic E-state index is 12.6. The summed E-state index contributed by atoms with van der Waals surface area (Å²) in [5, 5.41) is 6.23. The normalized spacial score (nSPS) is 24.3. The van der Waals surface area contributed by atoms with Gasteiger partial charge in [0.1, 0.15) is 10.6 Å². The maximum Gasteiger partial charge on any atom is 0.244 e. The number of nitrogens with one attached hydrogen (secondary N) is 3. The molecule has 1 aromatic carbocycles. The predicted molar refractivity (Wildman–Crippen MR) is 97.6 cm³/mol. The first-order valence-corrected chi connectivity index (χ1v) is 10.6. The van der Waals surface area contributed by atoms with Gasteiger partial charge in [-0.25, -0.2) is 13.1 Å². The van der Waals surface area contributed by atoms with E-state index in [4.69, 9.17) is 4.74 Å². The van der Waals surface area contributed by atoms with Crippen LogP contribution in [-0.2, 0) is 14.8 Å². The summed E-state index contributed by atoms with van der Waals surface area (Å²) in [5.41, 5.74) is 0.632. The Morgan fingerprint density at radius 1 is 1.27 bits per heavy atom. The molecule has 1 spiro atoms. The Hall–Kier alpha value is -1.64. The van der Waals surface area contributed by atoms with Gasteiger partial charge in [-0.3, -0.25) is 4.79 Å². The van der Waals surface area contributed by atoms with Crippen molar-refractivity contribution in [3.8, 4) is 5.75 Å². The first kappa shape index (κ1) is 17.8. The van der Waals surface area contributed by atoms with E-state index in [2.05, 4.69) is 15.4 Å². The van der Waals surface area contributed by atoms with E-state index in [-0.39, 0.29) is 33.9 Å². The topological polar surface area (TPSA) is 96.5 Å². The van der Waals surface area contributed by atoms with Crippen LogP contribution in [0.25, 0.3) is 0 Å². The van der Waals surface area contributed by atoms with Gasteiger partial charge in [0.05, 0.1) is 7.11 Å². The van der Waals surface area contributed by atoms with E-state index >= 15 is 0 Å². The number of methoxy groups -OCH3 is 1. The molecule has 2 saturated carbocycles. The number of rotatable bonds is 6. The second-order valence-corrected chi connectivity index (χ2v) is 9.30. The third kappa shape index (κ3) is 3.45. The molecule has 3 aliphatic rings. The average molecular weight is 379 g/mol. The van der Waals surface area contributed by atoms with Gasteiger partial charge in [-0.2, -0.15) is 0 Å². The van der Waals surface area contributed by atoms with Gasteiger partial charge in [0.25, 0.3) is 0 Å². The summed E-state index contributed by atoms with van der Waals surface area (Å²) in [7, 11) is -2.22. The molecule has 0 bridgehead atoms. The standard InChI is InChI=1S/C18H25N3O4S/c1-25-15-5-4-13(10-16(15)26(23,24)21-12-2-3-12)20-17(22)14-11-18(14)6-8-19-9-7-18/h4-5,10,12,14,19,21H,2-3,6-9,11H2,1H3,(H,20,22). The van der Waals surface area contributed by atoms with Crippen LogP contribution in [0.3, 0.4) is 0 Å². The van der Waals surface area contributed by atoms with Gasteiger partial charge in [-0.05, 0) is 68.8 Å². The zero-order chi connectivity index (χ0) is 18.4. The fraction of sp³-hybridized carbons (Fsp3) is 0.611. The minimum Gasteiger partial charge on any atom is -0.495 e. The first-order chi connectivity index (χ1) is 12.4. The van der Waals surface area contributed by atoms with Crippen LogP contribution in [0, 0.1) is 11.3 Å². The summed E-state index contributed by atoms with van der Waals surface area (Å²) in [6.45, 7) is 1.92. The molecule has 1 saturated heterocycles. The summed E-state index contributed by atoms with van der Waals surface area (Å²) in [4.78, 5) is 12.7. The molecule has 1 heterocycles. The fourth-order valence-electron chi connectivity index (χ4n) is 3.87. The Labute approximate surface area is 153 Å². The molecule has 1 unspecified atom stereocenters. The highest BCUT2D eigenvalue weighted by molar-refractivity contribution is 7.89. The molecular weight excluding hydrogens is 354 g/mol. The monoisotopic (exact) mass is 379 g/mol. The number of ether oxygens (including phenoxy) is 1. The molecule has 0 aromatic heterocycles. The molecule has 4 rings (SSSR count). The van der Waals surface area contributed by atoms with E-state index < -0.39 is 10.0 Å². The molecule has 1 amide bonds. The van der Waals surface area contributed by atoms with Gasteiger partial charge < -0.3 is 15.4 Å². The Balaban J connectivity index is 1.50. The number of carbonyl (C=O) groups excluding carboxylic acids is 1. The maximum atomic E-state index is 12.6. The molecule has 142 valence electrons. The van der Waals surface area contributed by atoms with E-state index in [9.17, 15) is 13.2 Å². The summed E-state index contributed by atoms with van der Waals surface area (Å²) < 4.78 is 33.0. The van der Waals surface area contributed by atoms with Crippen LogP contribution in [0.4, 0.5) is 5.69 Å². The van der Waals surface area contributed by atoms with Crippen LogP contribution in [-0.4, -0.2) is 40.6 Å². The average Bonchev–Trinajstić information content (AvgIpc) is 3.54. The van der Waals surface area contributed by atoms with Gasteiger partial charge in [0.2, 0.25) is 15.9 Å². The number of sulfonamides is 1. The molecule has 26 heavy (non-hydrogen) atoms. The number of benzene rings is 1. The lowest BCUT2D eigenvalue weighted by Crippen LogP contribution is -2.31. The zero-order valence-electron chi connectivity index (χ0n) is 14.9. The highest BCUT2D eigenvalue weighted by Crippen LogP contribution is 2.58. The lowest BCUT2D eigenvalue weighted by molar-refractivity contribution is -0.118. The van der Waals surface area contributed by atoms with Crippen molar-refractivity contribution in [2.45, 2.75) is 43.0 Å². The Kier molecular flexibility index (Phi) is 4.45. The molecule has 1 atom stereocenters. The fourth-order valence-corrected chi connectivity index (χ4v) is 5.37. The SMILES string of the molecule is COc1ccc(NC(=O)C2CC23CCNCC3)cc1S(=O)(=O)NC1CC1. The van der Waals surface area contributed by atoms with E-state index in [1.165, 1.54) is 13.2 Å². The highest BCUT2D eigenvalue weighted by Gasteiger charge is 2.57. The number of hydrogen-bond acceptors (Lipinski definition) is 5. The third-order valence-corrected chi connectivity index (χ3v) is 7.27. The Morgan fingerprint density at radius 2 is 2.00 bits per heavy atom. The van der Waals surface area contributed by atoms with E-state index in [0.717, 1.165) is 45.2 Å². The van der Waals surface area contributed by atoms with Crippen molar-refractivity contribution < 1.29 is 17.9 Å². The Morgan fingerprint density at radius 3 is 2.65 bits per heavy atom.